The summed E-state index contributed by atoms with van der Waals surface area (Å²) in [5, 5.41) is 0. The number of fused-ring (bicyclic) bond motifs is 15. The van der Waals surface area contributed by atoms with Gasteiger partial charge in [0.25, 0.3) is 0 Å². The van der Waals surface area contributed by atoms with Crippen LogP contribution in [0.25, 0.3) is 55.6 Å². The van der Waals surface area contributed by atoms with E-state index in [1.54, 1.807) is 0 Å². The fourth-order valence-electron chi connectivity index (χ4n) is 13.2. The first-order valence-corrected chi connectivity index (χ1v) is 28.9. The summed E-state index contributed by atoms with van der Waals surface area (Å²) in [7, 11) is 0. The fourth-order valence-corrected chi connectivity index (χ4v) is 13.2. The summed E-state index contributed by atoms with van der Waals surface area (Å²) in [5.41, 5.74) is 49.2. The molecule has 0 unspecified atom stereocenters. The summed E-state index contributed by atoms with van der Waals surface area (Å²) in [4.78, 5) is 0. The molecule has 0 saturated carbocycles. The van der Waals surface area contributed by atoms with Gasteiger partial charge >= 0.3 is 0 Å². The molecular weight excluding hydrogens is 949 g/mol. The highest BCUT2D eigenvalue weighted by molar-refractivity contribution is 5.83. The molecule has 0 aromatic heterocycles. The maximum Gasteiger partial charge on any atom is -0.00107 e. The molecule has 0 fully saturated rings. The van der Waals surface area contributed by atoms with Crippen LogP contribution in [0.3, 0.4) is 0 Å². The third kappa shape index (κ3) is 10.1. The molecule has 0 spiro atoms. The zero-order valence-corrected chi connectivity index (χ0v) is 49.5. The van der Waals surface area contributed by atoms with Crippen molar-refractivity contribution < 1.29 is 0 Å². The van der Waals surface area contributed by atoms with Crippen LogP contribution in [0.1, 0.15) is 134 Å². The Kier molecular flexibility index (Phi) is 14.4. The van der Waals surface area contributed by atoms with E-state index in [0.29, 0.717) is 0 Å². The Hall–Kier alpha value is -7.80. The molecule has 0 saturated heterocycles. The van der Waals surface area contributed by atoms with Crippen molar-refractivity contribution in [3.63, 3.8) is 0 Å². The molecule has 0 heterocycles. The number of aryl methyl sites for hydroxylation is 10. The molecule has 10 aromatic carbocycles. The Balaban J connectivity index is 0.000000104. The average Bonchev–Trinajstić information content (AvgIpc) is 4.35. The molecule has 0 amide bonds. The molecule has 394 valence electrons. The molecule has 10 aromatic rings. The number of benzene rings is 10. The van der Waals surface area contributed by atoms with Gasteiger partial charge in [-0.05, 0) is 313 Å². The van der Waals surface area contributed by atoms with E-state index in [4.69, 9.17) is 0 Å². The van der Waals surface area contributed by atoms with Gasteiger partial charge in [0.15, 0.2) is 0 Å². The normalized spacial score (nSPS) is 12.4. The molecule has 0 radical (unpaired) electrons. The largest absolute Gasteiger partial charge is 0.0619 e. The third-order valence-corrected chi connectivity index (χ3v) is 18.7. The highest BCUT2D eigenvalue weighted by Crippen LogP contribution is 2.44. The maximum absolute atomic E-state index is 2.36. The molecule has 79 heavy (non-hydrogen) atoms. The quantitative estimate of drug-likeness (QED) is 0.142. The minimum atomic E-state index is 1.10. The Morgan fingerprint density at radius 3 is 1.22 bits per heavy atom. The van der Waals surface area contributed by atoms with Gasteiger partial charge in [0, 0.05) is 0 Å². The summed E-state index contributed by atoms with van der Waals surface area (Å²) in [6, 6.07) is 58.5. The Labute approximate surface area is 473 Å². The van der Waals surface area contributed by atoms with Crippen LogP contribution in [0.15, 0.2) is 158 Å². The summed E-state index contributed by atoms with van der Waals surface area (Å²) < 4.78 is 0. The van der Waals surface area contributed by atoms with E-state index in [0.717, 1.165) is 32.1 Å². The van der Waals surface area contributed by atoms with Crippen molar-refractivity contribution >= 4 is 0 Å². The highest BCUT2D eigenvalue weighted by atomic mass is 14.3. The second kappa shape index (κ2) is 21.4. The SMILES string of the molecule is Cc1cc2c(c(C)c1C)-c1ccccc1C2.Cc1cc2c(c(C)c1C)Cc1ccccc1-2.Cc1cc2c(cc1C)-c1c(C)cccc1C2.Cc1cc2c(cc1C)-c1ccccc1C2.Cc1ccc2c(c1)-c1cc(C)c(C)cc1C2. The monoisotopic (exact) mass is 1030 g/mol. The van der Waals surface area contributed by atoms with E-state index in [-0.39, 0.29) is 0 Å². The van der Waals surface area contributed by atoms with E-state index in [2.05, 4.69) is 255 Å². The van der Waals surface area contributed by atoms with Gasteiger partial charge in [-0.1, -0.05) is 163 Å². The van der Waals surface area contributed by atoms with Crippen LogP contribution in [0, 0.1) is 96.9 Å². The lowest BCUT2D eigenvalue weighted by Crippen LogP contribution is -1.93. The lowest BCUT2D eigenvalue weighted by atomic mass is 9.93. The standard InChI is InChI=1S/4C16H16.C15H14/c1-10-4-5-13-9-14-7-11(2)12(3)8-16(14)15(13)6-10;1-10-5-4-6-13-9-14-7-11(2)12(3)8-15(14)16(10)13;1-10-8-14-9-13-6-4-5-7-15(13)16(14)12(3)11(10)2;1-10-8-16-14-7-5-4-6-13(14)9-15(16)12(3)11(10)2;1-10-7-13-9-12-5-3-4-6-14(12)15(13)8-11(10)2/h4*4-8H,9H2,1-3H3;3-8H,9H2,1-2H3. The van der Waals surface area contributed by atoms with Gasteiger partial charge in [0.05, 0.1) is 0 Å². The number of rotatable bonds is 0. The van der Waals surface area contributed by atoms with Gasteiger partial charge in [0.1, 0.15) is 0 Å². The average molecular weight is 1030 g/mol. The second-order valence-electron chi connectivity index (χ2n) is 23.9. The highest BCUT2D eigenvalue weighted by Gasteiger charge is 2.25. The summed E-state index contributed by atoms with van der Waals surface area (Å²) >= 11 is 0. The fraction of sp³-hybridized carbons (Fsp3) is 0.241. The van der Waals surface area contributed by atoms with Crippen molar-refractivity contribution in [3.05, 3.63) is 291 Å². The lowest BCUT2D eigenvalue weighted by molar-refractivity contribution is 1.17. The van der Waals surface area contributed by atoms with Gasteiger partial charge in [0.2, 0.25) is 0 Å². The predicted octanol–water partition coefficient (Wildman–Crippen LogP) is 20.6. The number of hydrogen-bond donors (Lipinski definition) is 0. The molecule has 5 aliphatic carbocycles. The van der Waals surface area contributed by atoms with Crippen molar-refractivity contribution in [2.24, 2.45) is 0 Å². The van der Waals surface area contributed by atoms with Crippen LogP contribution in [0.2, 0.25) is 0 Å². The van der Waals surface area contributed by atoms with Crippen LogP contribution < -0.4 is 0 Å². The molecule has 0 heteroatoms. The van der Waals surface area contributed by atoms with E-state index < -0.39 is 0 Å². The molecule has 5 aliphatic rings. The van der Waals surface area contributed by atoms with Gasteiger partial charge < -0.3 is 0 Å². The van der Waals surface area contributed by atoms with Gasteiger partial charge in [-0.3, -0.25) is 0 Å². The van der Waals surface area contributed by atoms with Crippen LogP contribution in [0.4, 0.5) is 0 Å². The van der Waals surface area contributed by atoms with Crippen molar-refractivity contribution in [2.45, 2.75) is 129 Å². The van der Waals surface area contributed by atoms with Gasteiger partial charge in [-0.2, -0.15) is 0 Å². The molecule has 0 bridgehead atoms. The van der Waals surface area contributed by atoms with Gasteiger partial charge in [-0.25, -0.2) is 0 Å². The van der Waals surface area contributed by atoms with Crippen molar-refractivity contribution in [1.29, 1.82) is 0 Å². The zero-order chi connectivity index (χ0) is 55.6. The Bertz CT molecular complexity index is 4070. The maximum atomic E-state index is 2.36. The smallest absolute Gasteiger partial charge is 0.00107 e. The Morgan fingerprint density at radius 2 is 0.595 bits per heavy atom. The third-order valence-electron chi connectivity index (χ3n) is 18.7. The zero-order valence-electron chi connectivity index (χ0n) is 49.5. The van der Waals surface area contributed by atoms with E-state index in [1.165, 1.54) is 189 Å². The van der Waals surface area contributed by atoms with Crippen LogP contribution in [0.5, 0.6) is 0 Å². The molecule has 0 aliphatic heterocycles. The predicted molar refractivity (Wildman–Crippen MR) is 340 cm³/mol. The first-order valence-electron chi connectivity index (χ1n) is 28.9. The van der Waals surface area contributed by atoms with Crippen LogP contribution in [-0.2, 0) is 32.1 Å². The van der Waals surface area contributed by atoms with E-state index in [1.807, 2.05) is 0 Å². The minimum Gasteiger partial charge on any atom is -0.0619 e. The van der Waals surface area contributed by atoms with Crippen molar-refractivity contribution in [3.8, 4) is 55.6 Å². The minimum absolute atomic E-state index is 1.10. The molecular formula is C79H78. The van der Waals surface area contributed by atoms with Gasteiger partial charge in [-0.15, -0.1) is 0 Å². The lowest BCUT2D eigenvalue weighted by Gasteiger charge is -2.11. The molecule has 0 N–H and O–H groups in total. The summed E-state index contributed by atoms with van der Waals surface area (Å²) in [5.74, 6) is 0. The first-order chi connectivity index (χ1) is 37.9. The second-order valence-corrected chi connectivity index (χ2v) is 23.9. The van der Waals surface area contributed by atoms with Crippen LogP contribution in [-0.4, -0.2) is 0 Å². The number of hydrogen-bond acceptors (Lipinski definition) is 0. The van der Waals surface area contributed by atoms with Crippen LogP contribution >= 0.6 is 0 Å². The topological polar surface area (TPSA) is 0 Å². The van der Waals surface area contributed by atoms with E-state index in [9.17, 15) is 0 Å². The van der Waals surface area contributed by atoms with E-state index >= 15 is 0 Å². The molecule has 15 rings (SSSR count). The molecule has 0 nitrogen and oxygen atoms in total. The summed E-state index contributed by atoms with van der Waals surface area (Å²) in [6.45, 7) is 31.0. The molecule has 0 atom stereocenters. The van der Waals surface area contributed by atoms with Crippen molar-refractivity contribution in [1.82, 2.24) is 0 Å². The summed E-state index contributed by atoms with van der Waals surface area (Å²) in [6.07, 6.45) is 5.53. The van der Waals surface area contributed by atoms with Crippen molar-refractivity contribution in [2.75, 3.05) is 0 Å². The Morgan fingerprint density at radius 1 is 0.203 bits per heavy atom. The first kappa shape index (κ1) is 53.2.